The van der Waals surface area contributed by atoms with E-state index in [1.165, 1.54) is 52.8 Å². The van der Waals surface area contributed by atoms with Gasteiger partial charge in [0.2, 0.25) is 10.0 Å². The molecule has 2 aromatic rings. The van der Waals surface area contributed by atoms with Crippen molar-refractivity contribution in [2.24, 2.45) is 0 Å². The highest BCUT2D eigenvalue weighted by Crippen LogP contribution is 2.23. The molecule has 1 heterocycles. The van der Waals surface area contributed by atoms with E-state index in [0.29, 0.717) is 13.1 Å². The molecule has 0 aliphatic carbocycles. The van der Waals surface area contributed by atoms with Crippen LogP contribution >= 0.6 is 0 Å². The van der Waals surface area contributed by atoms with Crippen molar-refractivity contribution in [1.29, 1.82) is 0 Å². The van der Waals surface area contributed by atoms with Gasteiger partial charge in [0.25, 0.3) is 11.8 Å². The first kappa shape index (κ1) is 23.7. The van der Waals surface area contributed by atoms with Crippen LogP contribution < -0.4 is 10.6 Å². The molecule has 0 spiro atoms. The molecule has 11 heteroatoms. The lowest BCUT2D eigenvalue weighted by Crippen LogP contribution is -2.35. The highest BCUT2D eigenvalue weighted by molar-refractivity contribution is 7.89. The third-order valence-electron chi connectivity index (χ3n) is 4.92. The van der Waals surface area contributed by atoms with Crippen LogP contribution in [0.3, 0.4) is 0 Å². The molecule has 0 aromatic heterocycles. The molecule has 1 aliphatic heterocycles. The lowest BCUT2D eigenvalue weighted by Gasteiger charge is -2.26. The van der Waals surface area contributed by atoms with Gasteiger partial charge in [0, 0.05) is 18.7 Å². The number of halogens is 3. The smallest absolute Gasteiger partial charge is 0.343 e. The molecule has 1 fully saturated rings. The Morgan fingerprint density at radius 3 is 2.31 bits per heavy atom. The molecule has 0 bridgehead atoms. The summed E-state index contributed by atoms with van der Waals surface area (Å²) in [5.41, 5.74) is -0.114. The number of alkyl halides is 3. The van der Waals surface area contributed by atoms with Crippen molar-refractivity contribution in [1.82, 2.24) is 9.62 Å². The molecular formula is C21H22F3N3O4S. The van der Waals surface area contributed by atoms with Crippen LogP contribution in [0.2, 0.25) is 0 Å². The molecule has 0 atom stereocenters. The highest BCUT2D eigenvalue weighted by Gasteiger charge is 2.29. The number of benzene rings is 2. The predicted octanol–water partition coefficient (Wildman–Crippen LogP) is 3.41. The summed E-state index contributed by atoms with van der Waals surface area (Å²) in [4.78, 5) is 24.8. The van der Waals surface area contributed by atoms with Gasteiger partial charge in [0.15, 0.2) is 0 Å². The average molecular weight is 469 g/mol. The van der Waals surface area contributed by atoms with Gasteiger partial charge < -0.3 is 10.6 Å². The van der Waals surface area contributed by atoms with Gasteiger partial charge in [-0.1, -0.05) is 24.6 Å². The first-order chi connectivity index (χ1) is 15.1. The minimum atomic E-state index is -4.58. The Morgan fingerprint density at radius 2 is 1.62 bits per heavy atom. The molecule has 0 radical (unpaired) electrons. The van der Waals surface area contributed by atoms with Crippen molar-refractivity contribution in [3.05, 3.63) is 59.7 Å². The normalized spacial score (nSPS) is 15.2. The lowest BCUT2D eigenvalue weighted by atomic mass is 10.1. The number of anilines is 1. The summed E-state index contributed by atoms with van der Waals surface area (Å²) >= 11 is 0. The fourth-order valence-corrected chi connectivity index (χ4v) is 4.88. The van der Waals surface area contributed by atoms with E-state index in [4.69, 9.17) is 0 Å². The zero-order valence-electron chi connectivity index (χ0n) is 17.0. The van der Waals surface area contributed by atoms with Crippen molar-refractivity contribution < 1.29 is 31.2 Å². The van der Waals surface area contributed by atoms with E-state index in [1.54, 1.807) is 5.32 Å². The second-order valence-electron chi connectivity index (χ2n) is 7.29. The molecule has 0 unspecified atom stereocenters. The van der Waals surface area contributed by atoms with Gasteiger partial charge in [-0.15, -0.1) is 0 Å². The zero-order valence-corrected chi connectivity index (χ0v) is 17.8. The number of hydrogen-bond acceptors (Lipinski definition) is 4. The van der Waals surface area contributed by atoms with Gasteiger partial charge in [-0.2, -0.15) is 17.5 Å². The highest BCUT2D eigenvalue weighted by atomic mass is 32.2. The fraction of sp³-hybridized carbons (Fsp3) is 0.333. The maximum Gasteiger partial charge on any atom is 0.405 e. The molecule has 32 heavy (non-hydrogen) atoms. The standard InChI is InChI=1S/C21H22F3N3O4S/c22-21(23,24)14-25-20(29)17-9-2-3-10-18(17)26-19(28)15-7-6-8-16(13-15)32(30,31)27-11-4-1-5-12-27/h2-3,6-10,13H,1,4-5,11-12,14H2,(H,25,29)(H,26,28). The van der Waals surface area contributed by atoms with E-state index < -0.39 is 34.6 Å². The first-order valence-electron chi connectivity index (χ1n) is 9.93. The topological polar surface area (TPSA) is 95.6 Å². The Morgan fingerprint density at radius 1 is 0.938 bits per heavy atom. The molecule has 2 amide bonds. The van der Waals surface area contributed by atoms with Crippen LogP contribution in [-0.4, -0.2) is 50.3 Å². The summed E-state index contributed by atoms with van der Waals surface area (Å²) < 4.78 is 64.3. The predicted molar refractivity (Wildman–Crippen MR) is 112 cm³/mol. The summed E-state index contributed by atoms with van der Waals surface area (Å²) in [5, 5.41) is 4.23. The Balaban J connectivity index is 1.79. The third kappa shape index (κ3) is 5.86. The van der Waals surface area contributed by atoms with Gasteiger partial charge in [0.1, 0.15) is 6.54 Å². The van der Waals surface area contributed by atoms with E-state index in [2.05, 4.69) is 5.32 Å². The number of piperidine rings is 1. The molecule has 7 nitrogen and oxygen atoms in total. The molecule has 1 saturated heterocycles. The van der Waals surface area contributed by atoms with Crippen LogP contribution in [0.4, 0.5) is 18.9 Å². The SMILES string of the molecule is O=C(Nc1ccccc1C(=O)NCC(F)(F)F)c1cccc(S(=O)(=O)N2CCCCC2)c1. The quantitative estimate of drug-likeness (QED) is 0.678. The summed E-state index contributed by atoms with van der Waals surface area (Å²) in [7, 11) is -3.75. The number of nitrogens with zero attached hydrogens (tertiary/aromatic N) is 1. The largest absolute Gasteiger partial charge is 0.405 e. The minimum Gasteiger partial charge on any atom is -0.343 e. The second kappa shape index (κ2) is 9.70. The van der Waals surface area contributed by atoms with Crippen molar-refractivity contribution in [3.8, 4) is 0 Å². The number of sulfonamides is 1. The number of hydrogen-bond donors (Lipinski definition) is 2. The fourth-order valence-electron chi connectivity index (χ4n) is 3.31. The van der Waals surface area contributed by atoms with Crippen LogP contribution in [0, 0.1) is 0 Å². The summed E-state index contributed by atoms with van der Waals surface area (Å²) in [6.07, 6.45) is -2.07. The molecular weight excluding hydrogens is 447 g/mol. The van der Waals surface area contributed by atoms with Gasteiger partial charge in [-0.05, 0) is 43.2 Å². The third-order valence-corrected chi connectivity index (χ3v) is 6.81. The van der Waals surface area contributed by atoms with E-state index in [0.717, 1.165) is 19.3 Å². The van der Waals surface area contributed by atoms with Crippen molar-refractivity contribution in [3.63, 3.8) is 0 Å². The minimum absolute atomic E-state index is 0.00136. The molecule has 3 rings (SSSR count). The van der Waals surface area contributed by atoms with Gasteiger partial charge in [0.05, 0.1) is 16.1 Å². The maximum atomic E-state index is 12.9. The molecule has 2 N–H and O–H groups in total. The molecule has 0 saturated carbocycles. The van der Waals surface area contributed by atoms with E-state index in [1.807, 2.05) is 0 Å². The van der Waals surface area contributed by atoms with Crippen LogP contribution in [0.15, 0.2) is 53.4 Å². The zero-order chi connectivity index (χ0) is 23.4. The average Bonchev–Trinajstić information content (AvgIpc) is 2.78. The van der Waals surface area contributed by atoms with E-state index >= 15 is 0 Å². The van der Waals surface area contributed by atoms with Crippen molar-refractivity contribution in [2.75, 3.05) is 25.0 Å². The van der Waals surface area contributed by atoms with Gasteiger partial charge >= 0.3 is 6.18 Å². The lowest BCUT2D eigenvalue weighted by molar-refractivity contribution is -0.123. The van der Waals surface area contributed by atoms with Crippen LogP contribution in [-0.2, 0) is 10.0 Å². The molecule has 172 valence electrons. The number of carbonyl (C=O) groups excluding carboxylic acids is 2. The molecule has 2 aromatic carbocycles. The number of rotatable bonds is 6. The Kier molecular flexibility index (Phi) is 7.19. The monoisotopic (exact) mass is 469 g/mol. The number of amides is 2. The summed E-state index contributed by atoms with van der Waals surface area (Å²) in [5.74, 6) is -1.70. The van der Waals surface area contributed by atoms with Crippen LogP contribution in [0.1, 0.15) is 40.0 Å². The first-order valence-corrected chi connectivity index (χ1v) is 11.4. The molecule has 1 aliphatic rings. The van der Waals surface area contributed by atoms with Gasteiger partial charge in [-0.25, -0.2) is 8.42 Å². The Labute approximate surface area is 183 Å². The Bertz CT molecular complexity index is 1100. The number of carbonyl (C=O) groups is 2. The summed E-state index contributed by atoms with van der Waals surface area (Å²) in [6.45, 7) is -0.678. The second-order valence-corrected chi connectivity index (χ2v) is 9.23. The van der Waals surface area contributed by atoms with Crippen LogP contribution in [0.25, 0.3) is 0 Å². The van der Waals surface area contributed by atoms with Crippen molar-refractivity contribution in [2.45, 2.75) is 30.3 Å². The van der Waals surface area contributed by atoms with Crippen LogP contribution in [0.5, 0.6) is 0 Å². The number of para-hydroxylation sites is 1. The number of nitrogens with one attached hydrogen (secondary N) is 2. The van der Waals surface area contributed by atoms with Gasteiger partial charge in [-0.3, -0.25) is 9.59 Å². The van der Waals surface area contributed by atoms with E-state index in [9.17, 15) is 31.2 Å². The summed E-state index contributed by atoms with van der Waals surface area (Å²) in [6, 6.07) is 11.1. The van der Waals surface area contributed by atoms with Crippen molar-refractivity contribution >= 4 is 27.5 Å². The maximum absolute atomic E-state index is 12.9. The Hall–Kier alpha value is -2.92. The van der Waals surface area contributed by atoms with E-state index in [-0.39, 0.29) is 21.7 Å².